The van der Waals surface area contributed by atoms with Gasteiger partial charge in [-0.05, 0) is 49.4 Å². The highest BCUT2D eigenvalue weighted by atomic mass is 79.9. The molecule has 1 unspecified atom stereocenters. The number of nitrogens with one attached hydrogen (secondary N) is 1. The number of benzene rings is 2. The third-order valence-corrected chi connectivity index (χ3v) is 3.83. The van der Waals surface area contributed by atoms with Crippen LogP contribution in [-0.2, 0) is 0 Å². The highest BCUT2D eigenvalue weighted by Crippen LogP contribution is 2.28. The summed E-state index contributed by atoms with van der Waals surface area (Å²) in [4.78, 5) is 0. The first-order valence-electron chi connectivity index (χ1n) is 6.68. The van der Waals surface area contributed by atoms with Crippen LogP contribution in [0.4, 0.5) is 5.69 Å². The molecule has 0 spiro atoms. The maximum atomic E-state index is 5.89. The van der Waals surface area contributed by atoms with Crippen LogP contribution in [0.2, 0.25) is 0 Å². The third-order valence-electron chi connectivity index (χ3n) is 3.34. The van der Waals surface area contributed by atoms with Crippen molar-refractivity contribution in [3.8, 4) is 12.3 Å². The van der Waals surface area contributed by atoms with Gasteiger partial charge in [0.25, 0.3) is 0 Å². The third kappa shape index (κ3) is 2.96. The molecule has 3 heteroatoms. The molecule has 0 saturated heterocycles. The number of furan rings is 1. The minimum atomic E-state index is 0.0594. The van der Waals surface area contributed by atoms with E-state index in [1.165, 1.54) is 0 Å². The minimum absolute atomic E-state index is 0.0594. The van der Waals surface area contributed by atoms with Crippen molar-refractivity contribution in [3.63, 3.8) is 0 Å². The van der Waals surface area contributed by atoms with E-state index in [2.05, 4.69) is 40.2 Å². The molecular weight excluding hydrogens is 326 g/mol. The molecule has 3 aromatic rings. The van der Waals surface area contributed by atoms with E-state index in [1.54, 1.807) is 0 Å². The Kier molecular flexibility index (Phi) is 3.72. The molecule has 0 aliphatic heterocycles. The minimum Gasteiger partial charge on any atom is -0.459 e. The Bertz CT molecular complexity index is 829. The van der Waals surface area contributed by atoms with Gasteiger partial charge in [0.05, 0.1) is 6.04 Å². The molecule has 0 aliphatic carbocycles. The lowest BCUT2D eigenvalue weighted by Gasteiger charge is -2.12. The van der Waals surface area contributed by atoms with Crippen molar-refractivity contribution >= 4 is 32.6 Å². The van der Waals surface area contributed by atoms with Gasteiger partial charge >= 0.3 is 0 Å². The normalized spacial score (nSPS) is 12.0. The number of rotatable bonds is 3. The van der Waals surface area contributed by atoms with Gasteiger partial charge in [-0.2, -0.15) is 0 Å². The maximum absolute atomic E-state index is 5.89. The summed E-state index contributed by atoms with van der Waals surface area (Å²) in [6, 6.07) is 15.9. The van der Waals surface area contributed by atoms with Crippen LogP contribution in [-0.4, -0.2) is 0 Å². The predicted molar refractivity (Wildman–Crippen MR) is 90.3 cm³/mol. The smallest absolute Gasteiger partial charge is 0.134 e. The molecule has 1 N–H and O–H groups in total. The fraction of sp³-hybridized carbons (Fsp3) is 0.111. The molecule has 0 saturated carbocycles. The summed E-state index contributed by atoms with van der Waals surface area (Å²) in [6.45, 7) is 2.06. The molecule has 1 atom stereocenters. The van der Waals surface area contributed by atoms with Crippen LogP contribution in [0.5, 0.6) is 0 Å². The Morgan fingerprint density at radius 2 is 2.05 bits per heavy atom. The van der Waals surface area contributed by atoms with Gasteiger partial charge in [-0.25, -0.2) is 0 Å². The SMILES string of the molecule is C#Cc1cccc(NC(C)c2cc3cc(Br)ccc3o2)c1. The van der Waals surface area contributed by atoms with E-state index < -0.39 is 0 Å². The summed E-state index contributed by atoms with van der Waals surface area (Å²) in [5.41, 5.74) is 2.74. The van der Waals surface area contributed by atoms with Crippen molar-refractivity contribution in [3.05, 3.63) is 64.3 Å². The zero-order chi connectivity index (χ0) is 14.8. The van der Waals surface area contributed by atoms with Crippen molar-refractivity contribution in [1.82, 2.24) is 0 Å². The number of hydrogen-bond acceptors (Lipinski definition) is 2. The summed E-state index contributed by atoms with van der Waals surface area (Å²) < 4.78 is 6.94. The molecule has 1 aromatic heterocycles. The van der Waals surface area contributed by atoms with Crippen LogP contribution < -0.4 is 5.32 Å². The topological polar surface area (TPSA) is 25.2 Å². The van der Waals surface area contributed by atoms with Crippen LogP contribution in [0.1, 0.15) is 24.3 Å². The fourth-order valence-corrected chi connectivity index (χ4v) is 2.65. The Labute approximate surface area is 132 Å². The van der Waals surface area contributed by atoms with Crippen molar-refractivity contribution in [1.29, 1.82) is 0 Å². The number of halogens is 1. The molecule has 2 aromatic carbocycles. The Morgan fingerprint density at radius 1 is 1.19 bits per heavy atom. The second kappa shape index (κ2) is 5.67. The molecule has 1 heterocycles. The number of terminal acetylenes is 1. The molecule has 0 aliphatic rings. The zero-order valence-corrected chi connectivity index (χ0v) is 13.1. The van der Waals surface area contributed by atoms with Gasteiger partial charge in [0.15, 0.2) is 0 Å². The summed E-state index contributed by atoms with van der Waals surface area (Å²) in [7, 11) is 0. The van der Waals surface area contributed by atoms with Crippen molar-refractivity contribution in [2.75, 3.05) is 5.32 Å². The van der Waals surface area contributed by atoms with Crippen LogP contribution in [0.15, 0.2) is 57.4 Å². The van der Waals surface area contributed by atoms with Gasteiger partial charge in [0.2, 0.25) is 0 Å². The molecular formula is C18H14BrNO. The average molecular weight is 340 g/mol. The zero-order valence-electron chi connectivity index (χ0n) is 11.6. The number of fused-ring (bicyclic) bond motifs is 1. The van der Waals surface area contributed by atoms with Crippen LogP contribution in [0.25, 0.3) is 11.0 Å². The van der Waals surface area contributed by atoms with Gasteiger partial charge in [0, 0.05) is 21.1 Å². The number of hydrogen-bond donors (Lipinski definition) is 1. The van der Waals surface area contributed by atoms with E-state index in [-0.39, 0.29) is 6.04 Å². The average Bonchev–Trinajstić information content (AvgIpc) is 2.90. The first-order chi connectivity index (χ1) is 10.2. The molecule has 2 nitrogen and oxygen atoms in total. The first kappa shape index (κ1) is 13.8. The fourth-order valence-electron chi connectivity index (χ4n) is 2.27. The van der Waals surface area contributed by atoms with E-state index in [0.29, 0.717) is 0 Å². The lowest BCUT2D eigenvalue weighted by Crippen LogP contribution is -2.05. The molecule has 104 valence electrons. The Morgan fingerprint density at radius 3 is 2.86 bits per heavy atom. The van der Waals surface area contributed by atoms with Crippen LogP contribution in [0.3, 0.4) is 0 Å². The molecule has 0 bridgehead atoms. The lowest BCUT2D eigenvalue weighted by molar-refractivity contribution is 0.526. The van der Waals surface area contributed by atoms with Crippen molar-refractivity contribution in [2.45, 2.75) is 13.0 Å². The van der Waals surface area contributed by atoms with E-state index >= 15 is 0 Å². The second-order valence-corrected chi connectivity index (χ2v) is 5.84. The van der Waals surface area contributed by atoms with Gasteiger partial charge in [-0.1, -0.05) is 27.9 Å². The van der Waals surface area contributed by atoms with Gasteiger partial charge < -0.3 is 9.73 Å². The maximum Gasteiger partial charge on any atom is 0.134 e. The first-order valence-corrected chi connectivity index (χ1v) is 7.47. The van der Waals surface area contributed by atoms with E-state index in [4.69, 9.17) is 10.8 Å². The Hall–Kier alpha value is -2.18. The largest absolute Gasteiger partial charge is 0.459 e. The number of anilines is 1. The second-order valence-electron chi connectivity index (χ2n) is 4.92. The monoisotopic (exact) mass is 339 g/mol. The predicted octanol–water partition coefficient (Wildman–Crippen LogP) is 5.35. The lowest BCUT2D eigenvalue weighted by atomic mass is 10.1. The molecule has 21 heavy (non-hydrogen) atoms. The van der Waals surface area contributed by atoms with Gasteiger partial charge in [-0.3, -0.25) is 0 Å². The van der Waals surface area contributed by atoms with Crippen molar-refractivity contribution < 1.29 is 4.42 Å². The van der Waals surface area contributed by atoms with E-state index in [1.807, 2.05) is 42.5 Å². The molecule has 3 rings (SSSR count). The van der Waals surface area contributed by atoms with Gasteiger partial charge in [0.1, 0.15) is 11.3 Å². The van der Waals surface area contributed by atoms with Crippen LogP contribution in [0, 0.1) is 12.3 Å². The Balaban J connectivity index is 1.86. The molecule has 0 amide bonds. The summed E-state index contributed by atoms with van der Waals surface area (Å²) in [6.07, 6.45) is 5.43. The standard InChI is InChI=1S/C18H14BrNO/c1-3-13-5-4-6-16(9-13)20-12(2)18-11-14-10-15(19)7-8-17(14)21-18/h1,4-12,20H,2H3. The van der Waals surface area contributed by atoms with E-state index in [9.17, 15) is 0 Å². The van der Waals surface area contributed by atoms with Crippen molar-refractivity contribution in [2.24, 2.45) is 0 Å². The molecule has 0 fully saturated rings. The highest BCUT2D eigenvalue weighted by molar-refractivity contribution is 9.10. The molecule has 0 radical (unpaired) electrons. The summed E-state index contributed by atoms with van der Waals surface area (Å²) in [5, 5.41) is 4.50. The summed E-state index contributed by atoms with van der Waals surface area (Å²) in [5.74, 6) is 3.54. The van der Waals surface area contributed by atoms with E-state index in [0.717, 1.165) is 32.5 Å². The highest BCUT2D eigenvalue weighted by Gasteiger charge is 2.11. The van der Waals surface area contributed by atoms with Crippen LogP contribution >= 0.6 is 15.9 Å². The van der Waals surface area contributed by atoms with Gasteiger partial charge in [-0.15, -0.1) is 6.42 Å². The summed E-state index contributed by atoms with van der Waals surface area (Å²) >= 11 is 3.47. The quantitative estimate of drug-likeness (QED) is 0.650.